The van der Waals surface area contributed by atoms with Crippen LogP contribution in [0, 0.1) is 0 Å². The van der Waals surface area contributed by atoms with Crippen LogP contribution in [0.2, 0.25) is 0 Å². The quantitative estimate of drug-likeness (QED) is 0.539. The number of rotatable bonds is 9. The molecule has 26 heavy (non-hydrogen) atoms. The minimum atomic E-state index is -1.31. The van der Waals surface area contributed by atoms with E-state index in [2.05, 4.69) is 6.58 Å². The third kappa shape index (κ3) is 5.18. The second-order valence-electron chi connectivity index (χ2n) is 6.11. The van der Waals surface area contributed by atoms with Crippen LogP contribution in [-0.2, 0) is 19.9 Å². The molecule has 0 saturated heterocycles. The summed E-state index contributed by atoms with van der Waals surface area (Å²) in [5.41, 5.74) is 0.175. The zero-order valence-electron chi connectivity index (χ0n) is 15.3. The summed E-state index contributed by atoms with van der Waals surface area (Å²) in [5.74, 6) is -0.409. The minimum Gasteiger partial charge on any atom is -0.457 e. The summed E-state index contributed by atoms with van der Waals surface area (Å²) in [5, 5.41) is 0. The summed E-state index contributed by atoms with van der Waals surface area (Å²) in [7, 11) is 4.04. The number of likely N-dealkylation sites (N-methyl/N-ethyl adjacent to an activating group) is 1. The number of nitrogens with one attached hydrogen (secondary N) is 1. The largest absolute Gasteiger partial charge is 0.457 e. The maximum Gasteiger partial charge on any atom is 0.348 e. The molecule has 5 heteroatoms. The highest BCUT2D eigenvalue weighted by atomic mass is 35.5. The van der Waals surface area contributed by atoms with Gasteiger partial charge >= 0.3 is 5.97 Å². The van der Waals surface area contributed by atoms with E-state index in [-0.39, 0.29) is 19.0 Å². The molecule has 0 amide bonds. The Hall–Kier alpha value is -2.14. The van der Waals surface area contributed by atoms with Crippen LogP contribution in [0.1, 0.15) is 11.1 Å². The molecule has 0 radical (unpaired) electrons. The fraction of sp³-hybridized carbons (Fsp3) is 0.286. The molecule has 1 N–H and O–H groups in total. The van der Waals surface area contributed by atoms with Crippen LogP contribution in [0.5, 0.6) is 0 Å². The fourth-order valence-electron chi connectivity index (χ4n) is 2.61. The van der Waals surface area contributed by atoms with Gasteiger partial charge in [0.2, 0.25) is 5.60 Å². The zero-order chi connectivity index (χ0) is 18.1. The summed E-state index contributed by atoms with van der Waals surface area (Å²) < 4.78 is 11.7. The van der Waals surface area contributed by atoms with Crippen LogP contribution >= 0.6 is 12.4 Å². The maximum atomic E-state index is 13.2. The number of ether oxygens (including phenoxy) is 2. The third-order valence-corrected chi connectivity index (χ3v) is 3.90. The third-order valence-electron chi connectivity index (χ3n) is 3.90. The fourth-order valence-corrected chi connectivity index (χ4v) is 2.61. The average Bonchev–Trinajstić information content (AvgIpc) is 2.64. The smallest absolute Gasteiger partial charge is 0.348 e. The van der Waals surface area contributed by atoms with Gasteiger partial charge in [-0.3, -0.25) is 0 Å². The molecule has 0 aromatic heterocycles. The molecule has 0 saturated carbocycles. The van der Waals surface area contributed by atoms with Gasteiger partial charge in [0.05, 0.1) is 20.7 Å². The number of carbonyl (C=O) groups is 1. The Morgan fingerprint density at radius 2 is 1.54 bits per heavy atom. The first-order chi connectivity index (χ1) is 12.1. The summed E-state index contributed by atoms with van der Waals surface area (Å²) >= 11 is 0. The van der Waals surface area contributed by atoms with Crippen molar-refractivity contribution in [1.82, 2.24) is 0 Å². The van der Waals surface area contributed by atoms with Crippen molar-refractivity contribution in [3.63, 3.8) is 0 Å². The lowest BCUT2D eigenvalue weighted by atomic mass is 9.86. The second-order valence-corrected chi connectivity index (χ2v) is 6.11. The topological polar surface area (TPSA) is 40.0 Å². The summed E-state index contributed by atoms with van der Waals surface area (Å²) in [6.07, 6.45) is 1.64. The Morgan fingerprint density at radius 1 is 1.04 bits per heavy atom. The van der Waals surface area contributed by atoms with E-state index in [0.29, 0.717) is 6.61 Å². The van der Waals surface area contributed by atoms with Crippen LogP contribution in [0.25, 0.3) is 0 Å². The molecular weight excluding hydrogens is 350 g/mol. The highest BCUT2D eigenvalue weighted by Gasteiger charge is 2.45. The second kappa shape index (κ2) is 10.8. The molecule has 0 aliphatic rings. The van der Waals surface area contributed by atoms with Gasteiger partial charge in [-0.25, -0.2) is 4.79 Å². The molecule has 2 aromatic rings. The molecule has 2 rings (SSSR count). The number of hydrogen-bond acceptors (Lipinski definition) is 3. The number of benzene rings is 2. The lowest BCUT2D eigenvalue weighted by Gasteiger charge is -2.32. The number of halogens is 1. The van der Waals surface area contributed by atoms with E-state index in [0.717, 1.165) is 17.7 Å². The number of esters is 1. The molecule has 0 fully saturated rings. The molecule has 0 bridgehead atoms. The van der Waals surface area contributed by atoms with Gasteiger partial charge in [0.25, 0.3) is 0 Å². The molecule has 0 atom stereocenters. The van der Waals surface area contributed by atoms with Gasteiger partial charge in [0, 0.05) is 0 Å². The predicted octanol–water partition coefficient (Wildman–Crippen LogP) is 2.24. The molecular formula is C21H27ClNO3+. The Kier molecular flexibility index (Phi) is 9.07. The Labute approximate surface area is 161 Å². The molecule has 140 valence electrons. The van der Waals surface area contributed by atoms with Crippen molar-refractivity contribution in [2.24, 2.45) is 0 Å². The van der Waals surface area contributed by atoms with Crippen molar-refractivity contribution < 1.29 is 19.2 Å². The summed E-state index contributed by atoms with van der Waals surface area (Å²) in [6.45, 7) is 5.01. The van der Waals surface area contributed by atoms with E-state index in [1.807, 2.05) is 74.8 Å². The Morgan fingerprint density at radius 3 is 1.96 bits per heavy atom. The van der Waals surface area contributed by atoms with E-state index < -0.39 is 11.6 Å². The average molecular weight is 377 g/mol. The monoisotopic (exact) mass is 376 g/mol. The molecule has 0 aliphatic carbocycles. The molecule has 0 heterocycles. The van der Waals surface area contributed by atoms with Gasteiger partial charge in [-0.1, -0.05) is 66.7 Å². The number of hydrogen-bond donors (Lipinski definition) is 1. The lowest BCUT2D eigenvalue weighted by molar-refractivity contribution is -0.858. The zero-order valence-corrected chi connectivity index (χ0v) is 16.1. The highest BCUT2D eigenvalue weighted by Crippen LogP contribution is 2.35. The Balaban J connectivity index is 0.00000338. The van der Waals surface area contributed by atoms with Crippen LogP contribution < -0.4 is 4.90 Å². The number of quaternary nitrogens is 1. The van der Waals surface area contributed by atoms with Gasteiger partial charge in [0.1, 0.15) is 13.2 Å². The lowest BCUT2D eigenvalue weighted by Crippen LogP contribution is -3.06. The first kappa shape index (κ1) is 21.9. The van der Waals surface area contributed by atoms with Crippen molar-refractivity contribution in [2.45, 2.75) is 5.60 Å². The minimum absolute atomic E-state index is 0. The van der Waals surface area contributed by atoms with Gasteiger partial charge in [-0.2, -0.15) is 0 Å². The van der Waals surface area contributed by atoms with E-state index in [1.165, 1.54) is 4.90 Å². The molecule has 0 spiro atoms. The van der Waals surface area contributed by atoms with Crippen LogP contribution in [0.15, 0.2) is 73.3 Å². The van der Waals surface area contributed by atoms with E-state index in [4.69, 9.17) is 9.47 Å². The number of carbonyl (C=O) groups excluding carboxylic acids is 1. The van der Waals surface area contributed by atoms with Crippen LogP contribution in [0.4, 0.5) is 0 Å². The Bertz CT molecular complexity index is 635. The molecule has 2 aromatic carbocycles. The predicted molar refractivity (Wildman–Crippen MR) is 106 cm³/mol. The SMILES string of the molecule is C=CCOC(C(=O)OCC[NH+](C)C)(c1ccccc1)c1ccccc1.Cl. The van der Waals surface area contributed by atoms with Crippen molar-refractivity contribution in [2.75, 3.05) is 33.9 Å². The first-order valence-corrected chi connectivity index (χ1v) is 8.43. The van der Waals surface area contributed by atoms with Crippen molar-refractivity contribution >= 4 is 18.4 Å². The van der Waals surface area contributed by atoms with Gasteiger partial charge in [-0.05, 0) is 11.1 Å². The highest BCUT2D eigenvalue weighted by molar-refractivity contribution is 5.86. The molecule has 4 nitrogen and oxygen atoms in total. The van der Waals surface area contributed by atoms with Gasteiger partial charge in [0.15, 0.2) is 0 Å². The molecule has 0 unspecified atom stereocenters. The maximum absolute atomic E-state index is 13.2. The van der Waals surface area contributed by atoms with Crippen molar-refractivity contribution in [1.29, 1.82) is 0 Å². The van der Waals surface area contributed by atoms with Gasteiger partial charge < -0.3 is 14.4 Å². The normalized spacial score (nSPS) is 10.9. The van der Waals surface area contributed by atoms with Crippen LogP contribution in [0.3, 0.4) is 0 Å². The van der Waals surface area contributed by atoms with E-state index in [9.17, 15) is 4.79 Å². The van der Waals surface area contributed by atoms with Crippen molar-refractivity contribution in [3.8, 4) is 0 Å². The van der Waals surface area contributed by atoms with E-state index >= 15 is 0 Å². The summed E-state index contributed by atoms with van der Waals surface area (Å²) in [6, 6.07) is 18.9. The van der Waals surface area contributed by atoms with E-state index in [1.54, 1.807) is 6.08 Å². The standard InChI is InChI=1S/C21H25NO3.ClH/c1-4-16-25-21(18-11-7-5-8-12-18,19-13-9-6-10-14-19)20(23)24-17-15-22(2)3;/h4-14H,1,15-17H2,2-3H3;1H/p+1. The first-order valence-electron chi connectivity index (χ1n) is 8.43. The summed E-state index contributed by atoms with van der Waals surface area (Å²) in [4.78, 5) is 14.4. The van der Waals surface area contributed by atoms with Crippen molar-refractivity contribution in [3.05, 3.63) is 84.4 Å². The van der Waals surface area contributed by atoms with Crippen LogP contribution in [-0.4, -0.2) is 39.8 Å². The van der Waals surface area contributed by atoms with Gasteiger partial charge in [-0.15, -0.1) is 19.0 Å². The molecule has 0 aliphatic heterocycles.